The summed E-state index contributed by atoms with van der Waals surface area (Å²) < 4.78 is 5.64. The summed E-state index contributed by atoms with van der Waals surface area (Å²) in [6.45, 7) is 5.06. The molecule has 0 aromatic heterocycles. The van der Waals surface area contributed by atoms with Crippen LogP contribution in [-0.4, -0.2) is 24.3 Å². The van der Waals surface area contributed by atoms with Crippen molar-refractivity contribution in [3.05, 3.63) is 65.7 Å². The Bertz CT molecular complexity index is 613. The Kier molecular flexibility index (Phi) is 7.69. The Morgan fingerprint density at radius 3 is 2.46 bits per heavy atom. The SMILES string of the molecule is CCc1ccc(OCCNC(=O)[C@@H](C)SCc2ccccc2)cc1. The molecule has 0 fully saturated rings. The number of thioether (sulfide) groups is 1. The third kappa shape index (κ3) is 6.28. The van der Waals surface area contributed by atoms with Crippen molar-refractivity contribution in [1.29, 1.82) is 0 Å². The van der Waals surface area contributed by atoms with E-state index in [1.807, 2.05) is 37.3 Å². The van der Waals surface area contributed by atoms with Gasteiger partial charge >= 0.3 is 0 Å². The number of amides is 1. The van der Waals surface area contributed by atoms with Gasteiger partial charge in [0, 0.05) is 5.75 Å². The highest BCUT2D eigenvalue weighted by atomic mass is 32.2. The summed E-state index contributed by atoms with van der Waals surface area (Å²) in [5, 5.41) is 2.85. The Labute approximate surface area is 148 Å². The third-order valence-electron chi connectivity index (χ3n) is 3.71. The van der Waals surface area contributed by atoms with Crippen molar-refractivity contribution < 1.29 is 9.53 Å². The fourth-order valence-corrected chi connectivity index (χ4v) is 3.05. The second kappa shape index (κ2) is 10.0. The summed E-state index contributed by atoms with van der Waals surface area (Å²) in [4.78, 5) is 12.1. The van der Waals surface area contributed by atoms with Gasteiger partial charge in [0.2, 0.25) is 5.91 Å². The van der Waals surface area contributed by atoms with E-state index in [0.29, 0.717) is 13.2 Å². The average molecular weight is 343 g/mol. The zero-order valence-corrected chi connectivity index (χ0v) is 15.1. The third-order valence-corrected chi connectivity index (χ3v) is 4.93. The second-order valence-corrected chi connectivity index (χ2v) is 6.90. The van der Waals surface area contributed by atoms with E-state index in [2.05, 4.69) is 36.5 Å². The summed E-state index contributed by atoms with van der Waals surface area (Å²) >= 11 is 1.64. The topological polar surface area (TPSA) is 38.3 Å². The van der Waals surface area contributed by atoms with Crippen molar-refractivity contribution in [2.45, 2.75) is 31.3 Å². The molecule has 0 aliphatic carbocycles. The molecule has 0 saturated heterocycles. The van der Waals surface area contributed by atoms with Gasteiger partial charge in [-0.1, -0.05) is 49.4 Å². The molecule has 128 valence electrons. The Morgan fingerprint density at radius 1 is 1.08 bits per heavy atom. The van der Waals surface area contributed by atoms with Crippen molar-refractivity contribution in [2.24, 2.45) is 0 Å². The standard InChI is InChI=1S/C20H25NO2S/c1-3-17-9-11-19(12-10-17)23-14-13-21-20(22)16(2)24-15-18-7-5-4-6-8-18/h4-12,16H,3,13-15H2,1-2H3,(H,21,22)/t16-/m1/s1. The van der Waals surface area contributed by atoms with E-state index in [1.54, 1.807) is 11.8 Å². The Hall–Kier alpha value is -1.94. The monoisotopic (exact) mass is 343 g/mol. The maximum absolute atomic E-state index is 12.1. The first-order chi connectivity index (χ1) is 11.7. The van der Waals surface area contributed by atoms with E-state index in [-0.39, 0.29) is 11.2 Å². The molecule has 0 heterocycles. The van der Waals surface area contributed by atoms with Crippen LogP contribution in [0, 0.1) is 0 Å². The van der Waals surface area contributed by atoms with Crippen molar-refractivity contribution in [3.63, 3.8) is 0 Å². The number of rotatable bonds is 9. The van der Waals surface area contributed by atoms with Gasteiger partial charge in [0.15, 0.2) is 0 Å². The van der Waals surface area contributed by atoms with E-state index >= 15 is 0 Å². The maximum Gasteiger partial charge on any atom is 0.232 e. The lowest BCUT2D eigenvalue weighted by Gasteiger charge is -2.12. The van der Waals surface area contributed by atoms with Crippen molar-refractivity contribution in [3.8, 4) is 5.75 Å². The molecule has 0 radical (unpaired) electrons. The summed E-state index contributed by atoms with van der Waals surface area (Å²) in [6.07, 6.45) is 1.02. The van der Waals surface area contributed by atoms with E-state index in [9.17, 15) is 4.79 Å². The Balaban J connectivity index is 1.63. The summed E-state index contributed by atoms with van der Waals surface area (Å²) in [6, 6.07) is 18.3. The molecular formula is C20H25NO2S. The minimum absolute atomic E-state index is 0.0564. The normalized spacial score (nSPS) is 11.8. The predicted octanol–water partition coefficient (Wildman–Crippen LogP) is 4.07. The summed E-state index contributed by atoms with van der Waals surface area (Å²) in [7, 11) is 0. The van der Waals surface area contributed by atoms with Crippen molar-refractivity contribution in [1.82, 2.24) is 5.32 Å². The van der Waals surface area contributed by atoms with E-state index in [0.717, 1.165) is 17.9 Å². The smallest absolute Gasteiger partial charge is 0.232 e. The molecule has 2 aromatic rings. The van der Waals surface area contributed by atoms with Gasteiger partial charge in [-0.2, -0.15) is 0 Å². The van der Waals surface area contributed by atoms with E-state index in [4.69, 9.17) is 4.74 Å². The lowest BCUT2D eigenvalue weighted by atomic mass is 10.2. The first-order valence-electron chi connectivity index (χ1n) is 8.34. The van der Waals surface area contributed by atoms with Gasteiger partial charge in [0.25, 0.3) is 0 Å². The fourth-order valence-electron chi connectivity index (χ4n) is 2.18. The molecular weight excluding hydrogens is 318 g/mol. The molecule has 24 heavy (non-hydrogen) atoms. The summed E-state index contributed by atoms with van der Waals surface area (Å²) in [5.74, 6) is 1.74. The van der Waals surface area contributed by atoms with Crippen LogP contribution in [0.1, 0.15) is 25.0 Å². The number of aryl methyl sites for hydroxylation is 1. The highest BCUT2D eigenvalue weighted by Crippen LogP contribution is 2.17. The fraction of sp³-hybridized carbons (Fsp3) is 0.350. The Morgan fingerprint density at radius 2 is 1.79 bits per heavy atom. The van der Waals surface area contributed by atoms with E-state index < -0.39 is 0 Å². The van der Waals surface area contributed by atoms with E-state index in [1.165, 1.54) is 11.1 Å². The molecule has 0 saturated carbocycles. The first kappa shape index (κ1) is 18.4. The van der Waals surface area contributed by atoms with Gasteiger partial charge in [0.1, 0.15) is 12.4 Å². The van der Waals surface area contributed by atoms with Gasteiger partial charge in [-0.15, -0.1) is 11.8 Å². The van der Waals surface area contributed by atoms with Crippen molar-refractivity contribution in [2.75, 3.05) is 13.2 Å². The van der Waals surface area contributed by atoms with Gasteiger partial charge < -0.3 is 10.1 Å². The van der Waals surface area contributed by atoms with Crippen LogP contribution < -0.4 is 10.1 Å². The molecule has 0 aliphatic rings. The maximum atomic E-state index is 12.1. The molecule has 0 aliphatic heterocycles. The molecule has 4 heteroatoms. The zero-order valence-electron chi connectivity index (χ0n) is 14.3. The van der Waals surface area contributed by atoms with Gasteiger partial charge in [-0.05, 0) is 36.6 Å². The highest BCUT2D eigenvalue weighted by Gasteiger charge is 2.12. The molecule has 1 atom stereocenters. The molecule has 1 N–H and O–H groups in total. The predicted molar refractivity (Wildman–Crippen MR) is 102 cm³/mol. The lowest BCUT2D eigenvalue weighted by Crippen LogP contribution is -2.34. The quantitative estimate of drug-likeness (QED) is 0.698. The van der Waals surface area contributed by atoms with Gasteiger partial charge in [-0.25, -0.2) is 0 Å². The second-order valence-electron chi connectivity index (χ2n) is 5.58. The van der Waals surface area contributed by atoms with Crippen LogP contribution >= 0.6 is 11.8 Å². The largest absolute Gasteiger partial charge is 0.492 e. The highest BCUT2D eigenvalue weighted by molar-refractivity contribution is 7.99. The number of hydrogen-bond donors (Lipinski definition) is 1. The minimum Gasteiger partial charge on any atom is -0.492 e. The van der Waals surface area contributed by atoms with Crippen LogP contribution in [0.5, 0.6) is 5.75 Å². The number of hydrogen-bond acceptors (Lipinski definition) is 3. The number of carbonyl (C=O) groups excluding carboxylic acids is 1. The average Bonchev–Trinajstić information content (AvgIpc) is 2.64. The molecule has 2 aromatic carbocycles. The minimum atomic E-state index is -0.0750. The van der Waals surface area contributed by atoms with Crippen LogP contribution in [0.2, 0.25) is 0 Å². The van der Waals surface area contributed by atoms with Crippen LogP contribution in [-0.2, 0) is 17.0 Å². The molecule has 3 nitrogen and oxygen atoms in total. The lowest BCUT2D eigenvalue weighted by molar-refractivity contribution is -0.120. The van der Waals surface area contributed by atoms with Crippen LogP contribution in [0.4, 0.5) is 0 Å². The first-order valence-corrected chi connectivity index (χ1v) is 9.39. The molecule has 1 amide bonds. The molecule has 0 unspecified atom stereocenters. The molecule has 0 bridgehead atoms. The van der Waals surface area contributed by atoms with Crippen molar-refractivity contribution >= 4 is 17.7 Å². The number of ether oxygens (including phenoxy) is 1. The van der Waals surface area contributed by atoms with Gasteiger partial charge in [0.05, 0.1) is 11.8 Å². The zero-order chi connectivity index (χ0) is 17.2. The summed E-state index contributed by atoms with van der Waals surface area (Å²) in [5.41, 5.74) is 2.53. The van der Waals surface area contributed by atoms with Crippen LogP contribution in [0.25, 0.3) is 0 Å². The number of nitrogens with one attached hydrogen (secondary N) is 1. The van der Waals surface area contributed by atoms with Gasteiger partial charge in [-0.3, -0.25) is 4.79 Å². The number of benzene rings is 2. The molecule has 0 spiro atoms. The number of carbonyl (C=O) groups is 1. The van der Waals surface area contributed by atoms with Crippen LogP contribution in [0.3, 0.4) is 0 Å². The van der Waals surface area contributed by atoms with Crippen LogP contribution in [0.15, 0.2) is 54.6 Å². The molecule has 2 rings (SSSR count).